The molecule has 19 heavy (non-hydrogen) atoms. The molecule has 1 fully saturated rings. The minimum atomic E-state index is -0.785. The van der Waals surface area contributed by atoms with Crippen LogP contribution in [-0.2, 0) is 4.79 Å². The van der Waals surface area contributed by atoms with Crippen molar-refractivity contribution in [1.82, 2.24) is 0 Å². The van der Waals surface area contributed by atoms with Gasteiger partial charge in [-0.2, -0.15) is 0 Å². The van der Waals surface area contributed by atoms with Crippen molar-refractivity contribution in [2.75, 3.05) is 5.32 Å². The van der Waals surface area contributed by atoms with E-state index in [9.17, 15) is 9.90 Å². The number of rotatable bonds is 4. The number of aliphatic carboxylic acids is 1. The Bertz CT molecular complexity index is 420. The topological polar surface area (TPSA) is 49.3 Å². The molecule has 0 heterocycles. The summed E-state index contributed by atoms with van der Waals surface area (Å²) in [4.78, 5) is 11.7. The fourth-order valence-corrected chi connectivity index (χ4v) is 2.99. The van der Waals surface area contributed by atoms with Crippen LogP contribution in [0.2, 0.25) is 0 Å². The normalized spacial score (nSPS) is 27.2. The molecule has 1 aromatic carbocycles. The van der Waals surface area contributed by atoms with Gasteiger partial charge in [0.2, 0.25) is 0 Å². The van der Waals surface area contributed by atoms with E-state index in [1.165, 1.54) is 0 Å². The maximum Gasteiger partial charge on any atom is 0.329 e. The van der Waals surface area contributed by atoms with Crippen molar-refractivity contribution in [2.45, 2.75) is 45.1 Å². The fourth-order valence-electron chi connectivity index (χ4n) is 2.99. The highest BCUT2D eigenvalue weighted by Crippen LogP contribution is 2.38. The van der Waals surface area contributed by atoms with Crippen LogP contribution in [0.5, 0.6) is 0 Å². The van der Waals surface area contributed by atoms with E-state index in [-0.39, 0.29) is 0 Å². The average molecular weight is 261 g/mol. The van der Waals surface area contributed by atoms with E-state index in [0.717, 1.165) is 18.5 Å². The lowest BCUT2D eigenvalue weighted by atomic mass is 9.72. The monoisotopic (exact) mass is 261 g/mol. The number of hydrogen-bond donors (Lipinski definition) is 2. The molecule has 0 atom stereocenters. The Hall–Kier alpha value is -1.51. The van der Waals surface area contributed by atoms with Gasteiger partial charge in [0.1, 0.15) is 5.54 Å². The molecule has 3 nitrogen and oxygen atoms in total. The van der Waals surface area contributed by atoms with Gasteiger partial charge in [-0.3, -0.25) is 0 Å². The van der Waals surface area contributed by atoms with Crippen LogP contribution in [-0.4, -0.2) is 16.6 Å². The average Bonchev–Trinajstić information content (AvgIpc) is 2.40. The zero-order valence-corrected chi connectivity index (χ0v) is 11.7. The van der Waals surface area contributed by atoms with E-state index >= 15 is 0 Å². The Morgan fingerprint density at radius 3 is 2.32 bits per heavy atom. The maximum absolute atomic E-state index is 11.7. The van der Waals surface area contributed by atoms with Crippen LogP contribution < -0.4 is 5.32 Å². The van der Waals surface area contributed by atoms with Gasteiger partial charge in [0.05, 0.1) is 0 Å². The summed E-state index contributed by atoms with van der Waals surface area (Å²) in [5.41, 5.74) is 0.111. The third-order valence-corrected chi connectivity index (χ3v) is 4.39. The second kappa shape index (κ2) is 5.64. The molecule has 0 spiro atoms. The zero-order chi connectivity index (χ0) is 13.9. The zero-order valence-electron chi connectivity index (χ0n) is 11.7. The van der Waals surface area contributed by atoms with Crippen molar-refractivity contribution in [3.05, 3.63) is 30.3 Å². The first-order valence-corrected chi connectivity index (χ1v) is 7.10. The Labute approximate surface area is 115 Å². The highest BCUT2D eigenvalue weighted by atomic mass is 16.4. The van der Waals surface area contributed by atoms with Gasteiger partial charge in [0.25, 0.3) is 0 Å². The molecule has 3 heteroatoms. The lowest BCUT2D eigenvalue weighted by Crippen LogP contribution is -2.49. The van der Waals surface area contributed by atoms with Crippen LogP contribution in [0.25, 0.3) is 0 Å². The third kappa shape index (κ3) is 3.09. The van der Waals surface area contributed by atoms with E-state index in [0.29, 0.717) is 24.7 Å². The first-order chi connectivity index (χ1) is 9.03. The maximum atomic E-state index is 11.7. The van der Waals surface area contributed by atoms with Gasteiger partial charge in [-0.15, -0.1) is 0 Å². The van der Waals surface area contributed by atoms with Gasteiger partial charge in [-0.25, -0.2) is 4.79 Å². The molecule has 1 aromatic rings. The highest BCUT2D eigenvalue weighted by molar-refractivity contribution is 5.83. The van der Waals surface area contributed by atoms with Gasteiger partial charge >= 0.3 is 5.97 Å². The number of carboxylic acids is 1. The van der Waals surface area contributed by atoms with E-state index < -0.39 is 11.5 Å². The van der Waals surface area contributed by atoms with Crippen LogP contribution in [0.4, 0.5) is 5.69 Å². The Morgan fingerprint density at radius 1 is 1.26 bits per heavy atom. The number of benzene rings is 1. The predicted octanol–water partition coefficient (Wildman–Crippen LogP) is 3.77. The number of nitrogens with one attached hydrogen (secondary N) is 1. The summed E-state index contributed by atoms with van der Waals surface area (Å²) < 4.78 is 0. The van der Waals surface area contributed by atoms with Crippen LogP contribution in [0.1, 0.15) is 39.5 Å². The summed E-state index contributed by atoms with van der Waals surface area (Å²) in [6.45, 7) is 4.45. The third-order valence-electron chi connectivity index (χ3n) is 4.39. The SMILES string of the molecule is CC(C)C1CCC(Nc2ccccc2)(C(=O)O)CC1. The van der Waals surface area contributed by atoms with Gasteiger partial charge in [-0.1, -0.05) is 32.0 Å². The molecule has 0 unspecified atom stereocenters. The molecule has 0 radical (unpaired) electrons. The second-order valence-electron chi connectivity index (χ2n) is 5.96. The molecular formula is C16H23NO2. The van der Waals surface area contributed by atoms with Gasteiger partial charge in [0.15, 0.2) is 0 Å². The number of carbonyl (C=O) groups is 1. The largest absolute Gasteiger partial charge is 0.480 e. The minimum Gasteiger partial charge on any atom is -0.480 e. The molecule has 0 bridgehead atoms. The summed E-state index contributed by atoms with van der Waals surface area (Å²) in [6, 6.07) is 9.65. The Morgan fingerprint density at radius 2 is 1.84 bits per heavy atom. The predicted molar refractivity (Wildman–Crippen MR) is 77.2 cm³/mol. The quantitative estimate of drug-likeness (QED) is 0.867. The van der Waals surface area contributed by atoms with Crippen molar-refractivity contribution >= 4 is 11.7 Å². The van der Waals surface area contributed by atoms with Crippen molar-refractivity contribution < 1.29 is 9.90 Å². The molecule has 104 valence electrons. The van der Waals surface area contributed by atoms with Crippen molar-refractivity contribution in [3.8, 4) is 0 Å². The summed E-state index contributed by atoms with van der Waals surface area (Å²) >= 11 is 0. The highest BCUT2D eigenvalue weighted by Gasteiger charge is 2.42. The van der Waals surface area contributed by atoms with Crippen LogP contribution in [0.3, 0.4) is 0 Å². The molecule has 0 saturated heterocycles. The summed E-state index contributed by atoms with van der Waals surface area (Å²) in [5.74, 6) is 0.576. The van der Waals surface area contributed by atoms with E-state index in [1.54, 1.807) is 0 Å². The number of hydrogen-bond acceptors (Lipinski definition) is 2. The van der Waals surface area contributed by atoms with Crippen molar-refractivity contribution in [1.29, 1.82) is 0 Å². The minimum absolute atomic E-state index is 0.642. The lowest BCUT2D eigenvalue weighted by molar-refractivity contribution is -0.144. The molecule has 2 N–H and O–H groups in total. The van der Waals surface area contributed by atoms with Gasteiger partial charge < -0.3 is 10.4 Å². The summed E-state index contributed by atoms with van der Waals surface area (Å²) in [5, 5.41) is 12.9. The smallest absolute Gasteiger partial charge is 0.329 e. The summed E-state index contributed by atoms with van der Waals surface area (Å²) in [7, 11) is 0. The summed E-state index contributed by atoms with van der Waals surface area (Å²) in [6.07, 6.45) is 3.40. The molecule has 0 amide bonds. The molecular weight excluding hydrogens is 238 g/mol. The lowest BCUT2D eigenvalue weighted by Gasteiger charge is -2.39. The van der Waals surface area contributed by atoms with Gasteiger partial charge in [0, 0.05) is 5.69 Å². The van der Waals surface area contributed by atoms with Gasteiger partial charge in [-0.05, 0) is 49.7 Å². The molecule has 1 saturated carbocycles. The molecule has 2 rings (SSSR count). The molecule has 0 aromatic heterocycles. The molecule has 1 aliphatic carbocycles. The van der Waals surface area contributed by atoms with Crippen LogP contribution in [0, 0.1) is 11.8 Å². The van der Waals surface area contributed by atoms with Crippen LogP contribution >= 0.6 is 0 Å². The van der Waals surface area contributed by atoms with E-state index in [2.05, 4.69) is 19.2 Å². The Balaban J connectivity index is 2.11. The Kier molecular flexibility index (Phi) is 4.13. The number of anilines is 1. The van der Waals surface area contributed by atoms with Crippen LogP contribution in [0.15, 0.2) is 30.3 Å². The molecule has 0 aliphatic heterocycles. The number of para-hydroxylation sites is 1. The second-order valence-corrected chi connectivity index (χ2v) is 5.96. The number of carboxylic acid groups (broad SMARTS) is 1. The van der Waals surface area contributed by atoms with E-state index in [4.69, 9.17) is 0 Å². The first-order valence-electron chi connectivity index (χ1n) is 7.10. The van der Waals surface area contributed by atoms with Crippen molar-refractivity contribution in [3.63, 3.8) is 0 Å². The van der Waals surface area contributed by atoms with Crippen molar-refractivity contribution in [2.24, 2.45) is 11.8 Å². The molecule has 1 aliphatic rings. The van der Waals surface area contributed by atoms with E-state index in [1.807, 2.05) is 30.3 Å². The standard InChI is InChI=1S/C16H23NO2/c1-12(2)13-8-10-16(11-9-13,15(18)19)17-14-6-4-3-5-7-14/h3-7,12-13,17H,8-11H2,1-2H3,(H,18,19). The first kappa shape index (κ1) is 13.9. The fraction of sp³-hybridized carbons (Fsp3) is 0.562.